The van der Waals surface area contributed by atoms with Gasteiger partial charge in [0, 0.05) is 24.2 Å². The second kappa shape index (κ2) is 8.12. The van der Waals surface area contributed by atoms with Gasteiger partial charge in [0.1, 0.15) is 5.69 Å². The summed E-state index contributed by atoms with van der Waals surface area (Å²) in [7, 11) is 1.54. The zero-order valence-corrected chi connectivity index (χ0v) is 14.4. The third-order valence-electron chi connectivity index (χ3n) is 3.87. The van der Waals surface area contributed by atoms with Gasteiger partial charge in [0.15, 0.2) is 0 Å². The number of anilines is 1. The molecule has 0 aliphatic carbocycles. The average Bonchev–Trinajstić information content (AvgIpc) is 3.28. The molecule has 0 saturated carbocycles. The lowest BCUT2D eigenvalue weighted by atomic mass is 10.2. The van der Waals surface area contributed by atoms with Crippen molar-refractivity contribution in [3.63, 3.8) is 0 Å². The zero-order chi connectivity index (χ0) is 16.8. The molecule has 7 heteroatoms. The molecule has 0 unspecified atom stereocenters. The van der Waals surface area contributed by atoms with E-state index in [-0.39, 0.29) is 12.1 Å². The molecule has 128 valence electrons. The summed E-state index contributed by atoms with van der Waals surface area (Å²) < 4.78 is 10.9. The van der Waals surface area contributed by atoms with Crippen LogP contribution < -0.4 is 10.1 Å². The molecule has 1 atom stereocenters. The predicted octanol–water partition coefficient (Wildman–Crippen LogP) is 3.36. The average molecular weight is 347 g/mol. The predicted molar refractivity (Wildman–Crippen MR) is 93.5 cm³/mol. The minimum atomic E-state index is -0.176. The van der Waals surface area contributed by atoms with Gasteiger partial charge >= 0.3 is 6.03 Å². The number of urea groups is 1. The van der Waals surface area contributed by atoms with Crippen molar-refractivity contribution < 1.29 is 14.3 Å². The number of carbonyl (C=O) groups is 1. The van der Waals surface area contributed by atoms with Crippen LogP contribution in [0.1, 0.15) is 17.7 Å². The summed E-state index contributed by atoms with van der Waals surface area (Å²) in [4.78, 5) is 19.8. The number of hydrogen-bond acceptors (Lipinski definition) is 5. The third-order valence-corrected chi connectivity index (χ3v) is 4.73. The Morgan fingerprint density at radius 3 is 3.12 bits per heavy atom. The number of nitrogens with zero attached hydrogens (tertiary/aromatic N) is 2. The van der Waals surface area contributed by atoms with Gasteiger partial charge in [-0.05, 0) is 36.4 Å². The van der Waals surface area contributed by atoms with Crippen molar-refractivity contribution >= 4 is 23.1 Å². The van der Waals surface area contributed by atoms with Gasteiger partial charge in [-0.15, -0.1) is 11.3 Å². The fourth-order valence-corrected chi connectivity index (χ4v) is 3.41. The molecule has 0 spiro atoms. The topological polar surface area (TPSA) is 63.7 Å². The molecule has 0 aromatic carbocycles. The highest BCUT2D eigenvalue weighted by Gasteiger charge is 2.23. The minimum absolute atomic E-state index is 0.103. The molecule has 2 amide bonds. The molecular formula is C17H21N3O3S. The van der Waals surface area contributed by atoms with Gasteiger partial charge in [0.05, 0.1) is 19.8 Å². The first-order valence-electron chi connectivity index (χ1n) is 7.95. The van der Waals surface area contributed by atoms with Crippen molar-refractivity contribution in [2.75, 3.05) is 25.6 Å². The summed E-state index contributed by atoms with van der Waals surface area (Å²) in [5, 5.41) is 4.91. The molecular weight excluding hydrogens is 326 g/mol. The van der Waals surface area contributed by atoms with Crippen LogP contribution in [0.25, 0.3) is 0 Å². The number of carbonyl (C=O) groups excluding carboxylic acids is 1. The highest BCUT2D eigenvalue weighted by atomic mass is 32.1. The molecule has 0 bridgehead atoms. The molecule has 24 heavy (non-hydrogen) atoms. The van der Waals surface area contributed by atoms with Crippen molar-refractivity contribution in [1.82, 2.24) is 9.88 Å². The van der Waals surface area contributed by atoms with Crippen LogP contribution in [-0.2, 0) is 11.3 Å². The summed E-state index contributed by atoms with van der Waals surface area (Å²) in [5.41, 5.74) is 0.563. The lowest BCUT2D eigenvalue weighted by Crippen LogP contribution is -2.39. The van der Waals surface area contributed by atoms with Gasteiger partial charge < -0.3 is 19.7 Å². The van der Waals surface area contributed by atoms with Crippen LogP contribution in [0, 0.1) is 0 Å². The van der Waals surface area contributed by atoms with Crippen LogP contribution >= 0.6 is 11.3 Å². The Morgan fingerprint density at radius 1 is 1.50 bits per heavy atom. The Hall–Kier alpha value is -2.12. The number of amides is 2. The van der Waals surface area contributed by atoms with E-state index in [1.54, 1.807) is 34.6 Å². The highest BCUT2D eigenvalue weighted by molar-refractivity contribution is 7.09. The van der Waals surface area contributed by atoms with Crippen LogP contribution in [0.3, 0.4) is 0 Å². The van der Waals surface area contributed by atoms with Crippen molar-refractivity contribution in [2.45, 2.75) is 25.5 Å². The number of methoxy groups -OCH3 is 1. The largest absolute Gasteiger partial charge is 0.480 e. The SMILES string of the molecule is COc1ncccc1NC(=O)N(Cc1cccs1)C[C@@H]1CCCO1. The summed E-state index contributed by atoms with van der Waals surface area (Å²) in [5.74, 6) is 0.402. The second-order valence-corrected chi connectivity index (χ2v) is 6.62. The van der Waals surface area contributed by atoms with Crippen molar-refractivity contribution in [3.8, 4) is 5.88 Å². The van der Waals surface area contributed by atoms with Crippen molar-refractivity contribution in [3.05, 3.63) is 40.7 Å². The van der Waals surface area contributed by atoms with E-state index in [0.717, 1.165) is 24.3 Å². The van der Waals surface area contributed by atoms with E-state index in [2.05, 4.69) is 10.3 Å². The van der Waals surface area contributed by atoms with Crippen molar-refractivity contribution in [2.24, 2.45) is 0 Å². The quantitative estimate of drug-likeness (QED) is 0.870. The standard InChI is InChI=1S/C17H21N3O3S/c1-22-16-15(7-2-8-18-16)19-17(21)20(11-13-5-3-9-23-13)12-14-6-4-10-24-14/h2,4,6-8,10,13H,3,5,9,11-12H2,1H3,(H,19,21)/t13-/m0/s1. The fourth-order valence-electron chi connectivity index (χ4n) is 2.69. The number of nitrogens with one attached hydrogen (secondary N) is 1. The van der Waals surface area contributed by atoms with Gasteiger partial charge in [-0.3, -0.25) is 0 Å². The van der Waals surface area contributed by atoms with Crippen LogP contribution in [0.5, 0.6) is 5.88 Å². The minimum Gasteiger partial charge on any atom is -0.480 e. The summed E-state index contributed by atoms with van der Waals surface area (Å²) in [6.45, 7) is 1.91. The number of thiophene rings is 1. The molecule has 3 heterocycles. The fraction of sp³-hybridized carbons (Fsp3) is 0.412. The van der Waals surface area contributed by atoms with Gasteiger partial charge in [-0.1, -0.05) is 6.07 Å². The lowest BCUT2D eigenvalue weighted by Gasteiger charge is -2.25. The van der Waals surface area contributed by atoms with Crippen LogP contribution in [0.15, 0.2) is 35.8 Å². The molecule has 2 aromatic heterocycles. The lowest BCUT2D eigenvalue weighted by molar-refractivity contribution is 0.0821. The molecule has 1 aliphatic rings. The Bertz CT molecular complexity index is 657. The summed E-state index contributed by atoms with van der Waals surface area (Å²) in [6.07, 6.45) is 3.77. The zero-order valence-electron chi connectivity index (χ0n) is 13.6. The van der Waals surface area contributed by atoms with E-state index >= 15 is 0 Å². The van der Waals surface area contributed by atoms with Crippen molar-refractivity contribution in [1.29, 1.82) is 0 Å². The first kappa shape index (κ1) is 16.7. The second-order valence-electron chi connectivity index (χ2n) is 5.59. The monoisotopic (exact) mass is 347 g/mol. The Morgan fingerprint density at radius 2 is 2.42 bits per heavy atom. The van der Waals surface area contributed by atoms with Crippen LogP contribution in [0.4, 0.5) is 10.5 Å². The number of rotatable bonds is 6. The molecule has 6 nitrogen and oxygen atoms in total. The van der Waals surface area contributed by atoms with Crippen LogP contribution in [0.2, 0.25) is 0 Å². The number of aromatic nitrogens is 1. The smallest absolute Gasteiger partial charge is 0.322 e. The summed E-state index contributed by atoms with van der Waals surface area (Å²) >= 11 is 1.64. The first-order chi connectivity index (χ1) is 11.8. The Labute approximate surface area is 145 Å². The third kappa shape index (κ3) is 4.24. The Kier molecular flexibility index (Phi) is 5.66. The molecule has 2 aromatic rings. The molecule has 0 radical (unpaired) electrons. The molecule has 1 N–H and O–H groups in total. The maximum atomic E-state index is 12.8. The highest BCUT2D eigenvalue weighted by Crippen LogP contribution is 2.22. The molecule has 1 aliphatic heterocycles. The number of ether oxygens (including phenoxy) is 2. The van der Waals surface area contributed by atoms with E-state index < -0.39 is 0 Å². The van der Waals surface area contributed by atoms with Gasteiger partial charge in [-0.2, -0.15) is 0 Å². The molecule has 1 fully saturated rings. The van der Waals surface area contributed by atoms with E-state index in [4.69, 9.17) is 9.47 Å². The number of pyridine rings is 1. The van der Waals surface area contributed by atoms with E-state index in [9.17, 15) is 4.79 Å². The van der Waals surface area contributed by atoms with Gasteiger partial charge in [-0.25, -0.2) is 9.78 Å². The molecule has 3 rings (SSSR count). The molecule has 1 saturated heterocycles. The van der Waals surface area contributed by atoms with Gasteiger partial charge in [0.2, 0.25) is 5.88 Å². The van der Waals surface area contributed by atoms with E-state index in [0.29, 0.717) is 24.7 Å². The Balaban J connectivity index is 1.71. The van der Waals surface area contributed by atoms with E-state index in [1.807, 2.05) is 17.5 Å². The number of hydrogen-bond donors (Lipinski definition) is 1. The van der Waals surface area contributed by atoms with Crippen LogP contribution in [-0.4, -0.2) is 42.3 Å². The van der Waals surface area contributed by atoms with E-state index in [1.165, 1.54) is 7.11 Å². The maximum Gasteiger partial charge on any atom is 0.322 e. The maximum absolute atomic E-state index is 12.8. The first-order valence-corrected chi connectivity index (χ1v) is 8.83. The van der Waals surface area contributed by atoms with Gasteiger partial charge in [0.25, 0.3) is 0 Å². The normalized spacial score (nSPS) is 16.8. The summed E-state index contributed by atoms with van der Waals surface area (Å²) in [6, 6.07) is 7.39.